The van der Waals surface area contributed by atoms with Crippen LogP contribution in [-0.4, -0.2) is 15.3 Å². The van der Waals surface area contributed by atoms with Gasteiger partial charge in [0.25, 0.3) is 0 Å². The molecule has 0 radical (unpaired) electrons. The zero-order chi connectivity index (χ0) is 23.3. The number of rotatable bonds is 8. The first-order valence-corrected chi connectivity index (χ1v) is 12.1. The van der Waals surface area contributed by atoms with Crippen molar-refractivity contribution >= 4 is 5.78 Å². The van der Waals surface area contributed by atoms with Crippen molar-refractivity contribution in [2.45, 2.75) is 51.7 Å². The first-order valence-electron chi connectivity index (χ1n) is 12.1. The highest BCUT2D eigenvalue weighted by atomic mass is 16.5. The number of carbonyl (C=O) groups excluding carboxylic acids is 1. The van der Waals surface area contributed by atoms with E-state index in [0.29, 0.717) is 13.0 Å². The van der Waals surface area contributed by atoms with Crippen molar-refractivity contribution in [3.05, 3.63) is 119 Å². The van der Waals surface area contributed by atoms with E-state index in [4.69, 9.17) is 4.74 Å². The minimum atomic E-state index is -0.165. The molecule has 172 valence electrons. The third kappa shape index (κ3) is 4.81. The number of ether oxygens (including phenoxy) is 1. The predicted octanol–water partition coefficient (Wildman–Crippen LogP) is 6.32. The Hall–Kier alpha value is -3.66. The van der Waals surface area contributed by atoms with Crippen molar-refractivity contribution in [2.75, 3.05) is 0 Å². The Balaban J connectivity index is 1.51. The first kappa shape index (κ1) is 22.1. The second-order valence-electron chi connectivity index (χ2n) is 8.97. The maximum Gasteiger partial charge on any atom is 0.163 e. The highest BCUT2D eigenvalue weighted by molar-refractivity contribution is 5.99. The standard InChI is InChI=1S/C30H30N2O2/c1-22-31-19-20-32(22)21-30(24-11-6-3-7-12-24)34-29-18-17-26-25(13-8-14-28(26)33)27(29)16-15-23-9-4-2-5-10-23/h2-7,9-12,17-20,30H,8,13-16,21H2,1H3. The third-order valence-electron chi connectivity index (χ3n) is 6.75. The fourth-order valence-electron chi connectivity index (χ4n) is 4.88. The molecule has 1 aliphatic rings. The second-order valence-corrected chi connectivity index (χ2v) is 8.97. The summed E-state index contributed by atoms with van der Waals surface area (Å²) in [6.45, 7) is 2.68. The number of nitrogens with zero attached hydrogens (tertiary/aromatic N) is 2. The van der Waals surface area contributed by atoms with Gasteiger partial charge in [-0.15, -0.1) is 0 Å². The van der Waals surface area contributed by atoms with Gasteiger partial charge in [-0.1, -0.05) is 60.7 Å². The quantitative estimate of drug-likeness (QED) is 0.316. The molecule has 0 fully saturated rings. The molecule has 0 saturated heterocycles. The molecule has 4 heteroatoms. The van der Waals surface area contributed by atoms with E-state index in [0.717, 1.165) is 48.4 Å². The minimum absolute atomic E-state index is 0.165. The van der Waals surface area contributed by atoms with Gasteiger partial charge in [-0.05, 0) is 67.0 Å². The van der Waals surface area contributed by atoms with E-state index in [9.17, 15) is 4.79 Å². The average Bonchev–Trinajstić information content (AvgIpc) is 3.28. The van der Waals surface area contributed by atoms with E-state index in [1.165, 1.54) is 16.7 Å². The summed E-state index contributed by atoms with van der Waals surface area (Å²) in [5, 5.41) is 0. The molecule has 1 aromatic heterocycles. The van der Waals surface area contributed by atoms with Gasteiger partial charge < -0.3 is 9.30 Å². The monoisotopic (exact) mass is 450 g/mol. The van der Waals surface area contributed by atoms with E-state index in [2.05, 4.69) is 45.9 Å². The van der Waals surface area contributed by atoms with Crippen LogP contribution in [0.5, 0.6) is 5.75 Å². The number of aryl methyl sites for hydroxylation is 2. The van der Waals surface area contributed by atoms with Crippen LogP contribution in [0.4, 0.5) is 0 Å². The molecule has 3 aromatic carbocycles. The zero-order valence-corrected chi connectivity index (χ0v) is 19.6. The van der Waals surface area contributed by atoms with Gasteiger partial charge in [0.2, 0.25) is 0 Å². The minimum Gasteiger partial charge on any atom is -0.484 e. The maximum absolute atomic E-state index is 12.7. The summed E-state index contributed by atoms with van der Waals surface area (Å²) in [6, 6.07) is 24.9. The van der Waals surface area contributed by atoms with Gasteiger partial charge in [0.05, 0.1) is 6.54 Å². The molecular formula is C30H30N2O2. The summed E-state index contributed by atoms with van der Waals surface area (Å²) in [4.78, 5) is 17.1. The molecule has 4 nitrogen and oxygen atoms in total. The molecule has 1 atom stereocenters. The van der Waals surface area contributed by atoms with Gasteiger partial charge in [0.15, 0.2) is 5.78 Å². The molecule has 34 heavy (non-hydrogen) atoms. The molecule has 1 heterocycles. The molecule has 4 aromatic rings. The highest BCUT2D eigenvalue weighted by Crippen LogP contribution is 2.35. The summed E-state index contributed by atoms with van der Waals surface area (Å²) in [5.41, 5.74) is 5.65. The molecule has 0 bridgehead atoms. The maximum atomic E-state index is 12.7. The van der Waals surface area contributed by atoms with Crippen LogP contribution >= 0.6 is 0 Å². The van der Waals surface area contributed by atoms with E-state index < -0.39 is 0 Å². The smallest absolute Gasteiger partial charge is 0.163 e. The Labute approximate surface area is 201 Å². The largest absolute Gasteiger partial charge is 0.484 e. The van der Waals surface area contributed by atoms with Crippen LogP contribution in [-0.2, 0) is 25.8 Å². The summed E-state index contributed by atoms with van der Waals surface area (Å²) in [5.74, 6) is 2.10. The van der Waals surface area contributed by atoms with E-state index in [1.807, 2.05) is 55.7 Å². The van der Waals surface area contributed by atoms with Crippen molar-refractivity contribution in [1.82, 2.24) is 9.55 Å². The lowest BCUT2D eigenvalue weighted by Crippen LogP contribution is -2.19. The highest BCUT2D eigenvalue weighted by Gasteiger charge is 2.24. The van der Waals surface area contributed by atoms with E-state index in [-0.39, 0.29) is 11.9 Å². The van der Waals surface area contributed by atoms with Gasteiger partial charge >= 0.3 is 0 Å². The lowest BCUT2D eigenvalue weighted by molar-refractivity contribution is 0.0972. The Morgan fingerprint density at radius 1 is 0.941 bits per heavy atom. The number of carbonyl (C=O) groups is 1. The molecule has 0 saturated carbocycles. The van der Waals surface area contributed by atoms with Crippen LogP contribution in [0, 0.1) is 6.92 Å². The average molecular weight is 451 g/mol. The zero-order valence-electron chi connectivity index (χ0n) is 19.6. The lowest BCUT2D eigenvalue weighted by atomic mass is 9.85. The molecule has 5 rings (SSSR count). The normalized spacial score (nSPS) is 14.0. The van der Waals surface area contributed by atoms with Gasteiger partial charge in [0.1, 0.15) is 17.7 Å². The Kier molecular flexibility index (Phi) is 6.57. The molecule has 1 aliphatic carbocycles. The van der Waals surface area contributed by atoms with Crippen molar-refractivity contribution in [1.29, 1.82) is 0 Å². The summed E-state index contributed by atoms with van der Waals surface area (Å²) < 4.78 is 8.92. The van der Waals surface area contributed by atoms with Gasteiger partial charge in [0, 0.05) is 24.4 Å². The first-order chi connectivity index (χ1) is 16.7. The fourth-order valence-corrected chi connectivity index (χ4v) is 4.88. The molecule has 0 spiro atoms. The van der Waals surface area contributed by atoms with Crippen LogP contribution in [0.2, 0.25) is 0 Å². The molecular weight excluding hydrogens is 420 g/mol. The number of Topliss-reactive ketones (excluding diaryl/α,β-unsaturated/α-hetero) is 1. The van der Waals surface area contributed by atoms with Crippen molar-refractivity contribution in [2.24, 2.45) is 0 Å². The Morgan fingerprint density at radius 2 is 1.71 bits per heavy atom. The van der Waals surface area contributed by atoms with Crippen molar-refractivity contribution in [3.63, 3.8) is 0 Å². The number of hydrogen-bond acceptors (Lipinski definition) is 3. The Morgan fingerprint density at radius 3 is 2.44 bits per heavy atom. The summed E-state index contributed by atoms with van der Waals surface area (Å²) >= 11 is 0. The van der Waals surface area contributed by atoms with E-state index >= 15 is 0 Å². The van der Waals surface area contributed by atoms with Crippen LogP contribution in [0.15, 0.2) is 85.2 Å². The van der Waals surface area contributed by atoms with Crippen LogP contribution in [0.1, 0.15) is 57.4 Å². The lowest BCUT2D eigenvalue weighted by Gasteiger charge is -2.26. The molecule has 0 N–H and O–H groups in total. The second kappa shape index (κ2) is 10.1. The van der Waals surface area contributed by atoms with Gasteiger partial charge in [-0.3, -0.25) is 4.79 Å². The number of benzene rings is 3. The Bertz CT molecular complexity index is 1260. The predicted molar refractivity (Wildman–Crippen MR) is 134 cm³/mol. The van der Waals surface area contributed by atoms with Crippen molar-refractivity contribution in [3.8, 4) is 5.75 Å². The number of hydrogen-bond donors (Lipinski definition) is 0. The fraction of sp³-hybridized carbons (Fsp3) is 0.267. The molecule has 1 unspecified atom stereocenters. The number of aromatic nitrogens is 2. The molecule has 0 amide bonds. The SMILES string of the molecule is Cc1nccn1CC(Oc1ccc2c(c1CCc1ccccc1)CCCC2=O)c1ccccc1. The number of imidazole rings is 1. The van der Waals surface area contributed by atoms with Gasteiger partial charge in [-0.25, -0.2) is 4.98 Å². The van der Waals surface area contributed by atoms with Gasteiger partial charge in [-0.2, -0.15) is 0 Å². The number of ketones is 1. The van der Waals surface area contributed by atoms with Crippen molar-refractivity contribution < 1.29 is 9.53 Å². The van der Waals surface area contributed by atoms with Crippen LogP contribution < -0.4 is 4.74 Å². The third-order valence-corrected chi connectivity index (χ3v) is 6.75. The topological polar surface area (TPSA) is 44.1 Å². The van der Waals surface area contributed by atoms with E-state index in [1.54, 1.807) is 0 Å². The molecule has 0 aliphatic heterocycles. The summed E-state index contributed by atoms with van der Waals surface area (Å²) in [6.07, 6.45) is 7.90. The van der Waals surface area contributed by atoms with Crippen LogP contribution in [0.25, 0.3) is 0 Å². The number of fused-ring (bicyclic) bond motifs is 1. The summed E-state index contributed by atoms with van der Waals surface area (Å²) in [7, 11) is 0. The van der Waals surface area contributed by atoms with Crippen LogP contribution in [0.3, 0.4) is 0 Å².